The number of carbonyl (C=O) groups excluding carboxylic acids is 1. The SMILES string of the molecule is COC(=O)C(NC1CC1)c1ccc(C)cc1. The van der Waals surface area contributed by atoms with Crippen LogP contribution in [0.15, 0.2) is 24.3 Å². The predicted molar refractivity (Wildman–Crippen MR) is 62.1 cm³/mol. The van der Waals surface area contributed by atoms with Crippen LogP contribution in [0.2, 0.25) is 0 Å². The minimum atomic E-state index is -0.321. The number of methoxy groups -OCH3 is 1. The Kier molecular flexibility index (Phi) is 3.25. The molecule has 86 valence electrons. The molecule has 0 aliphatic heterocycles. The lowest BCUT2D eigenvalue weighted by Crippen LogP contribution is -2.31. The molecule has 2 rings (SSSR count). The van der Waals surface area contributed by atoms with E-state index in [1.165, 1.54) is 12.7 Å². The van der Waals surface area contributed by atoms with Gasteiger partial charge in [0.2, 0.25) is 0 Å². The molecule has 0 saturated heterocycles. The third kappa shape index (κ3) is 2.61. The Morgan fingerprint density at radius 3 is 2.50 bits per heavy atom. The van der Waals surface area contributed by atoms with Crippen LogP contribution in [0.4, 0.5) is 0 Å². The Hall–Kier alpha value is -1.35. The van der Waals surface area contributed by atoms with Gasteiger partial charge in [-0.1, -0.05) is 29.8 Å². The molecule has 1 N–H and O–H groups in total. The summed E-state index contributed by atoms with van der Waals surface area (Å²) in [6.07, 6.45) is 2.30. The lowest BCUT2D eigenvalue weighted by molar-refractivity contribution is -0.143. The van der Waals surface area contributed by atoms with Crippen LogP contribution in [0.1, 0.15) is 30.0 Å². The van der Waals surface area contributed by atoms with Crippen LogP contribution in [-0.4, -0.2) is 19.1 Å². The fraction of sp³-hybridized carbons (Fsp3) is 0.462. The van der Waals surface area contributed by atoms with E-state index in [-0.39, 0.29) is 12.0 Å². The van der Waals surface area contributed by atoms with Crippen molar-refractivity contribution in [3.8, 4) is 0 Å². The first kappa shape index (κ1) is 11.1. The molecule has 1 aliphatic carbocycles. The highest BCUT2D eigenvalue weighted by molar-refractivity contribution is 5.77. The molecule has 0 spiro atoms. The molecular formula is C13H17NO2. The van der Waals surface area contributed by atoms with Crippen molar-refractivity contribution >= 4 is 5.97 Å². The van der Waals surface area contributed by atoms with Crippen molar-refractivity contribution in [2.24, 2.45) is 0 Å². The van der Waals surface area contributed by atoms with Crippen molar-refractivity contribution in [2.75, 3.05) is 7.11 Å². The van der Waals surface area contributed by atoms with Gasteiger partial charge in [-0.2, -0.15) is 0 Å². The number of ether oxygens (including phenoxy) is 1. The van der Waals surface area contributed by atoms with Gasteiger partial charge in [-0.15, -0.1) is 0 Å². The first-order chi connectivity index (χ1) is 7.70. The van der Waals surface area contributed by atoms with Crippen LogP contribution in [0, 0.1) is 6.92 Å². The third-order valence-electron chi connectivity index (χ3n) is 2.83. The second-order valence-electron chi connectivity index (χ2n) is 4.31. The molecule has 1 atom stereocenters. The minimum Gasteiger partial charge on any atom is -0.468 e. The second-order valence-corrected chi connectivity index (χ2v) is 4.31. The van der Waals surface area contributed by atoms with Gasteiger partial charge in [0.05, 0.1) is 7.11 Å². The minimum absolute atomic E-state index is 0.212. The summed E-state index contributed by atoms with van der Waals surface area (Å²) < 4.78 is 4.82. The maximum Gasteiger partial charge on any atom is 0.327 e. The molecule has 1 saturated carbocycles. The molecule has 3 heteroatoms. The van der Waals surface area contributed by atoms with Gasteiger partial charge in [0.25, 0.3) is 0 Å². The Labute approximate surface area is 95.8 Å². The zero-order chi connectivity index (χ0) is 11.5. The summed E-state index contributed by atoms with van der Waals surface area (Å²) in [7, 11) is 1.43. The molecule has 0 aromatic heterocycles. The Morgan fingerprint density at radius 1 is 1.38 bits per heavy atom. The third-order valence-corrected chi connectivity index (χ3v) is 2.83. The number of aryl methyl sites for hydroxylation is 1. The molecular weight excluding hydrogens is 202 g/mol. The highest BCUT2D eigenvalue weighted by Gasteiger charge is 2.29. The smallest absolute Gasteiger partial charge is 0.327 e. The van der Waals surface area contributed by atoms with Gasteiger partial charge in [-0.3, -0.25) is 5.32 Å². The average Bonchev–Trinajstić information content (AvgIpc) is 3.10. The highest BCUT2D eigenvalue weighted by Crippen LogP contribution is 2.25. The van der Waals surface area contributed by atoms with Gasteiger partial charge in [0.1, 0.15) is 6.04 Å². The summed E-state index contributed by atoms with van der Waals surface area (Å²) in [5.41, 5.74) is 2.17. The quantitative estimate of drug-likeness (QED) is 0.787. The van der Waals surface area contributed by atoms with Crippen molar-refractivity contribution in [1.29, 1.82) is 0 Å². The summed E-state index contributed by atoms with van der Waals surface area (Å²) in [5.74, 6) is -0.212. The normalized spacial score (nSPS) is 16.9. The van der Waals surface area contributed by atoms with E-state index in [0.29, 0.717) is 6.04 Å². The van der Waals surface area contributed by atoms with Crippen molar-refractivity contribution in [1.82, 2.24) is 5.32 Å². The van der Waals surface area contributed by atoms with Crippen LogP contribution in [0.5, 0.6) is 0 Å². The first-order valence-electron chi connectivity index (χ1n) is 5.61. The molecule has 0 radical (unpaired) electrons. The van der Waals surface area contributed by atoms with Gasteiger partial charge >= 0.3 is 5.97 Å². The Morgan fingerprint density at radius 2 is 2.00 bits per heavy atom. The maximum atomic E-state index is 11.7. The van der Waals surface area contributed by atoms with Crippen LogP contribution >= 0.6 is 0 Å². The lowest BCUT2D eigenvalue weighted by atomic mass is 10.1. The van der Waals surface area contributed by atoms with Gasteiger partial charge in [-0.05, 0) is 25.3 Å². The zero-order valence-corrected chi connectivity index (χ0v) is 9.69. The van der Waals surface area contributed by atoms with Crippen molar-refractivity contribution in [2.45, 2.75) is 31.8 Å². The highest BCUT2D eigenvalue weighted by atomic mass is 16.5. The van der Waals surface area contributed by atoms with E-state index in [0.717, 1.165) is 18.4 Å². The van der Waals surface area contributed by atoms with E-state index in [9.17, 15) is 4.79 Å². The van der Waals surface area contributed by atoms with Crippen molar-refractivity contribution < 1.29 is 9.53 Å². The van der Waals surface area contributed by atoms with E-state index in [2.05, 4.69) is 5.32 Å². The van der Waals surface area contributed by atoms with Gasteiger partial charge in [0, 0.05) is 6.04 Å². The standard InChI is InChI=1S/C13H17NO2/c1-9-3-5-10(6-4-9)12(13(15)16-2)14-11-7-8-11/h3-6,11-12,14H,7-8H2,1-2H3. The lowest BCUT2D eigenvalue weighted by Gasteiger charge is -2.16. The van der Waals surface area contributed by atoms with Crippen LogP contribution in [0.3, 0.4) is 0 Å². The molecule has 16 heavy (non-hydrogen) atoms. The molecule has 1 fully saturated rings. The average molecular weight is 219 g/mol. The fourth-order valence-corrected chi connectivity index (χ4v) is 1.66. The number of esters is 1. The molecule has 1 aromatic rings. The summed E-state index contributed by atoms with van der Waals surface area (Å²) in [4.78, 5) is 11.7. The number of benzene rings is 1. The molecule has 0 amide bonds. The molecule has 0 bridgehead atoms. The van der Waals surface area contributed by atoms with Crippen LogP contribution < -0.4 is 5.32 Å². The van der Waals surface area contributed by atoms with E-state index in [1.807, 2.05) is 31.2 Å². The zero-order valence-electron chi connectivity index (χ0n) is 9.69. The fourth-order valence-electron chi connectivity index (χ4n) is 1.66. The number of hydrogen-bond acceptors (Lipinski definition) is 3. The first-order valence-corrected chi connectivity index (χ1v) is 5.61. The van der Waals surface area contributed by atoms with Crippen LogP contribution in [-0.2, 0) is 9.53 Å². The topological polar surface area (TPSA) is 38.3 Å². The number of carbonyl (C=O) groups is 1. The number of rotatable bonds is 4. The van der Waals surface area contributed by atoms with E-state index in [1.54, 1.807) is 0 Å². The molecule has 3 nitrogen and oxygen atoms in total. The largest absolute Gasteiger partial charge is 0.468 e. The van der Waals surface area contributed by atoms with Crippen LogP contribution in [0.25, 0.3) is 0 Å². The summed E-state index contributed by atoms with van der Waals surface area (Å²) in [6, 6.07) is 8.14. The number of hydrogen-bond donors (Lipinski definition) is 1. The Balaban J connectivity index is 2.15. The Bertz CT molecular complexity index is 368. The van der Waals surface area contributed by atoms with Gasteiger partial charge < -0.3 is 4.74 Å². The number of nitrogens with one attached hydrogen (secondary N) is 1. The van der Waals surface area contributed by atoms with E-state index >= 15 is 0 Å². The van der Waals surface area contributed by atoms with Gasteiger partial charge in [0.15, 0.2) is 0 Å². The summed E-state index contributed by atoms with van der Waals surface area (Å²) in [5, 5.41) is 3.30. The van der Waals surface area contributed by atoms with Gasteiger partial charge in [-0.25, -0.2) is 4.79 Å². The maximum absolute atomic E-state index is 11.7. The monoisotopic (exact) mass is 219 g/mol. The summed E-state index contributed by atoms with van der Waals surface area (Å²) >= 11 is 0. The second kappa shape index (κ2) is 4.66. The van der Waals surface area contributed by atoms with Crippen molar-refractivity contribution in [3.63, 3.8) is 0 Å². The van der Waals surface area contributed by atoms with Crippen molar-refractivity contribution in [3.05, 3.63) is 35.4 Å². The van der Waals surface area contributed by atoms with E-state index < -0.39 is 0 Å². The molecule has 1 aromatic carbocycles. The molecule has 1 aliphatic rings. The predicted octanol–water partition coefficient (Wildman–Crippen LogP) is 1.96. The van der Waals surface area contributed by atoms with E-state index in [4.69, 9.17) is 4.74 Å². The summed E-state index contributed by atoms with van der Waals surface area (Å²) in [6.45, 7) is 2.03. The molecule has 1 unspecified atom stereocenters. The molecule has 0 heterocycles.